The number of anilines is 1. The molecule has 0 bridgehead atoms. The molecule has 1 aliphatic heterocycles. The van der Waals surface area contributed by atoms with Crippen molar-refractivity contribution in [2.75, 3.05) is 18.4 Å². The van der Waals surface area contributed by atoms with Crippen molar-refractivity contribution in [3.8, 4) is 11.5 Å². The van der Waals surface area contributed by atoms with Gasteiger partial charge in [0.05, 0.1) is 0 Å². The first-order valence-corrected chi connectivity index (χ1v) is 8.82. The van der Waals surface area contributed by atoms with Crippen molar-refractivity contribution < 1.29 is 27.8 Å². The number of ether oxygens (including phenoxy) is 2. The molecule has 0 aromatic heterocycles. The summed E-state index contributed by atoms with van der Waals surface area (Å²) in [6.07, 6.45) is -0.987. The zero-order valence-electron chi connectivity index (χ0n) is 15.0. The van der Waals surface area contributed by atoms with Gasteiger partial charge in [0, 0.05) is 37.7 Å². The molecule has 0 saturated heterocycles. The standard InChI is InChI=1S/C18H24F2N2O4/c1-3-10-22(11-4-2)17(24)7-5-6-16(23)21-13-8-9-14-15(12-13)26-18(19,20)25-14/h8-9,12H,3-7,10-11H2,1-2H3,(H,21,23). The lowest BCUT2D eigenvalue weighted by atomic mass is 10.2. The Morgan fingerprint density at radius 3 is 2.38 bits per heavy atom. The molecule has 0 saturated carbocycles. The van der Waals surface area contributed by atoms with Crippen LogP contribution in [0.3, 0.4) is 0 Å². The normalized spacial score (nSPS) is 14.2. The molecule has 0 radical (unpaired) electrons. The van der Waals surface area contributed by atoms with E-state index < -0.39 is 6.29 Å². The quantitative estimate of drug-likeness (QED) is 0.719. The Bertz CT molecular complexity index is 646. The van der Waals surface area contributed by atoms with E-state index in [9.17, 15) is 18.4 Å². The van der Waals surface area contributed by atoms with Gasteiger partial charge in [-0.15, -0.1) is 8.78 Å². The summed E-state index contributed by atoms with van der Waals surface area (Å²) in [4.78, 5) is 25.9. The van der Waals surface area contributed by atoms with Gasteiger partial charge >= 0.3 is 6.29 Å². The zero-order chi connectivity index (χ0) is 19.2. The second-order valence-electron chi connectivity index (χ2n) is 6.11. The van der Waals surface area contributed by atoms with E-state index in [0.717, 1.165) is 25.9 Å². The van der Waals surface area contributed by atoms with E-state index >= 15 is 0 Å². The molecular weight excluding hydrogens is 346 g/mol. The lowest BCUT2D eigenvalue weighted by Gasteiger charge is -2.21. The Labute approximate surface area is 151 Å². The highest BCUT2D eigenvalue weighted by molar-refractivity contribution is 5.91. The second kappa shape index (κ2) is 8.82. The number of benzene rings is 1. The molecule has 0 unspecified atom stereocenters. The third-order valence-electron chi connectivity index (χ3n) is 3.82. The van der Waals surface area contributed by atoms with Crippen LogP contribution >= 0.6 is 0 Å². The van der Waals surface area contributed by atoms with E-state index in [0.29, 0.717) is 18.5 Å². The maximum Gasteiger partial charge on any atom is 0.586 e. The fourth-order valence-electron chi connectivity index (χ4n) is 2.71. The molecular formula is C18H24F2N2O4. The number of carbonyl (C=O) groups excluding carboxylic acids is 2. The summed E-state index contributed by atoms with van der Waals surface area (Å²) in [6, 6.07) is 4.04. The van der Waals surface area contributed by atoms with Gasteiger partial charge < -0.3 is 19.7 Å². The first-order valence-electron chi connectivity index (χ1n) is 8.82. The van der Waals surface area contributed by atoms with Crippen LogP contribution in [0, 0.1) is 0 Å². The van der Waals surface area contributed by atoms with Crippen LogP contribution in [-0.2, 0) is 9.59 Å². The number of rotatable bonds is 9. The molecule has 1 aliphatic rings. The van der Waals surface area contributed by atoms with Crippen molar-refractivity contribution in [3.63, 3.8) is 0 Å². The van der Waals surface area contributed by atoms with Crippen molar-refractivity contribution in [2.24, 2.45) is 0 Å². The highest BCUT2D eigenvalue weighted by Crippen LogP contribution is 2.42. The highest BCUT2D eigenvalue weighted by atomic mass is 19.3. The van der Waals surface area contributed by atoms with Gasteiger partial charge in [-0.3, -0.25) is 9.59 Å². The average Bonchev–Trinajstić information content (AvgIpc) is 2.87. The van der Waals surface area contributed by atoms with Gasteiger partial charge in [0.1, 0.15) is 0 Å². The van der Waals surface area contributed by atoms with Gasteiger partial charge in [0.15, 0.2) is 11.5 Å². The van der Waals surface area contributed by atoms with E-state index in [1.165, 1.54) is 18.2 Å². The number of alkyl halides is 2. The largest absolute Gasteiger partial charge is 0.586 e. The Balaban J connectivity index is 1.78. The maximum atomic E-state index is 13.0. The fraction of sp³-hybridized carbons (Fsp3) is 0.556. The SMILES string of the molecule is CCCN(CCC)C(=O)CCCC(=O)Nc1ccc2c(c1)OC(F)(F)O2. The number of fused-ring (bicyclic) bond motifs is 1. The van der Waals surface area contributed by atoms with Gasteiger partial charge in [-0.2, -0.15) is 0 Å². The van der Waals surface area contributed by atoms with Crippen molar-refractivity contribution in [2.45, 2.75) is 52.2 Å². The molecule has 144 valence electrons. The van der Waals surface area contributed by atoms with E-state index in [1.54, 1.807) is 0 Å². The Morgan fingerprint density at radius 2 is 1.73 bits per heavy atom. The zero-order valence-corrected chi connectivity index (χ0v) is 15.0. The lowest BCUT2D eigenvalue weighted by molar-refractivity contribution is -0.286. The van der Waals surface area contributed by atoms with Crippen LogP contribution in [0.15, 0.2) is 18.2 Å². The Kier molecular flexibility index (Phi) is 6.76. The molecule has 0 atom stereocenters. The minimum Gasteiger partial charge on any atom is -0.395 e. The van der Waals surface area contributed by atoms with Crippen molar-refractivity contribution in [1.29, 1.82) is 0 Å². The summed E-state index contributed by atoms with van der Waals surface area (Å²) in [7, 11) is 0. The van der Waals surface area contributed by atoms with Gasteiger partial charge in [-0.1, -0.05) is 13.8 Å². The van der Waals surface area contributed by atoms with Crippen LogP contribution in [0.25, 0.3) is 0 Å². The molecule has 26 heavy (non-hydrogen) atoms. The summed E-state index contributed by atoms with van der Waals surface area (Å²) in [5.74, 6) is -0.448. The van der Waals surface area contributed by atoms with E-state index in [4.69, 9.17) is 0 Å². The Morgan fingerprint density at radius 1 is 1.08 bits per heavy atom. The predicted octanol–water partition coefficient (Wildman–Crippen LogP) is 3.77. The smallest absolute Gasteiger partial charge is 0.395 e. The third kappa shape index (κ3) is 5.57. The molecule has 8 heteroatoms. The van der Waals surface area contributed by atoms with E-state index in [2.05, 4.69) is 14.8 Å². The minimum atomic E-state index is -3.69. The van der Waals surface area contributed by atoms with Crippen molar-refractivity contribution in [1.82, 2.24) is 4.90 Å². The monoisotopic (exact) mass is 370 g/mol. The van der Waals surface area contributed by atoms with Crippen molar-refractivity contribution >= 4 is 17.5 Å². The summed E-state index contributed by atoms with van der Waals surface area (Å²) in [6.45, 7) is 5.48. The minimum absolute atomic E-state index is 0.0480. The number of hydrogen-bond donors (Lipinski definition) is 1. The molecule has 1 aromatic carbocycles. The first-order chi connectivity index (χ1) is 12.3. The highest BCUT2D eigenvalue weighted by Gasteiger charge is 2.43. The maximum absolute atomic E-state index is 13.0. The predicted molar refractivity (Wildman–Crippen MR) is 92.3 cm³/mol. The van der Waals surface area contributed by atoms with E-state index in [1.807, 2.05) is 18.7 Å². The molecule has 1 heterocycles. The molecule has 0 aliphatic carbocycles. The van der Waals surface area contributed by atoms with E-state index in [-0.39, 0.29) is 29.7 Å². The average molecular weight is 370 g/mol. The second-order valence-corrected chi connectivity index (χ2v) is 6.11. The Hall–Kier alpha value is -2.38. The molecule has 2 rings (SSSR count). The van der Waals surface area contributed by atoms with Gasteiger partial charge in [-0.25, -0.2) is 0 Å². The van der Waals surface area contributed by atoms with Crippen LogP contribution < -0.4 is 14.8 Å². The van der Waals surface area contributed by atoms with Gasteiger partial charge in [0.2, 0.25) is 11.8 Å². The molecule has 6 nitrogen and oxygen atoms in total. The summed E-state index contributed by atoms with van der Waals surface area (Å²) in [5, 5.41) is 2.61. The van der Waals surface area contributed by atoms with Crippen LogP contribution in [0.1, 0.15) is 46.0 Å². The van der Waals surface area contributed by atoms with Gasteiger partial charge in [0.25, 0.3) is 0 Å². The van der Waals surface area contributed by atoms with Crippen molar-refractivity contribution in [3.05, 3.63) is 18.2 Å². The summed E-state index contributed by atoms with van der Waals surface area (Å²) >= 11 is 0. The number of hydrogen-bond acceptors (Lipinski definition) is 4. The third-order valence-corrected chi connectivity index (χ3v) is 3.82. The number of amides is 2. The first kappa shape index (κ1) is 19.9. The number of carbonyl (C=O) groups is 2. The van der Waals surface area contributed by atoms with Crippen LogP contribution in [0.4, 0.5) is 14.5 Å². The molecule has 1 N–H and O–H groups in total. The van der Waals surface area contributed by atoms with Gasteiger partial charge in [-0.05, 0) is 31.4 Å². The molecule has 2 amide bonds. The molecule has 1 aromatic rings. The molecule has 0 spiro atoms. The fourth-order valence-corrected chi connectivity index (χ4v) is 2.71. The number of nitrogens with one attached hydrogen (secondary N) is 1. The molecule has 0 fully saturated rings. The van der Waals surface area contributed by atoms with Crippen LogP contribution in [0.5, 0.6) is 11.5 Å². The summed E-state index contributed by atoms with van der Waals surface area (Å²) in [5.41, 5.74) is 0.333. The number of halogens is 2. The lowest BCUT2D eigenvalue weighted by Crippen LogP contribution is -2.32. The van der Waals surface area contributed by atoms with Crippen LogP contribution in [0.2, 0.25) is 0 Å². The van der Waals surface area contributed by atoms with Crippen LogP contribution in [-0.4, -0.2) is 36.1 Å². The number of nitrogens with zero attached hydrogens (tertiary/aromatic N) is 1. The topological polar surface area (TPSA) is 67.9 Å². The summed E-state index contributed by atoms with van der Waals surface area (Å²) < 4.78 is 34.6.